The lowest BCUT2D eigenvalue weighted by Crippen LogP contribution is -2.47. The summed E-state index contributed by atoms with van der Waals surface area (Å²) in [7, 11) is 3.07. The van der Waals surface area contributed by atoms with Crippen molar-refractivity contribution in [1.29, 1.82) is 0 Å². The van der Waals surface area contributed by atoms with Crippen LogP contribution in [0, 0.1) is 5.82 Å². The van der Waals surface area contributed by atoms with E-state index in [0.29, 0.717) is 23.5 Å². The number of benzene rings is 2. The quantitative estimate of drug-likeness (QED) is 0.310. The molecule has 1 fully saturated rings. The third-order valence-corrected chi connectivity index (χ3v) is 8.05. The maximum absolute atomic E-state index is 14.1. The fourth-order valence-corrected chi connectivity index (χ4v) is 5.80. The van der Waals surface area contributed by atoms with Crippen molar-refractivity contribution in [3.63, 3.8) is 0 Å². The van der Waals surface area contributed by atoms with Gasteiger partial charge in [0.15, 0.2) is 17.2 Å². The molecule has 2 aromatic carbocycles. The fraction of sp³-hybridized carbons (Fsp3) is 0.379. The predicted octanol–water partition coefficient (Wildman–Crippen LogP) is 3.86. The molecule has 0 radical (unpaired) electrons. The number of rotatable bonds is 11. The van der Waals surface area contributed by atoms with Crippen LogP contribution in [-0.4, -0.2) is 53.8 Å². The van der Waals surface area contributed by atoms with Crippen molar-refractivity contribution >= 4 is 34.9 Å². The van der Waals surface area contributed by atoms with E-state index in [-0.39, 0.29) is 34.8 Å². The summed E-state index contributed by atoms with van der Waals surface area (Å²) < 4.78 is 28.6. The van der Waals surface area contributed by atoms with E-state index >= 15 is 0 Å². The van der Waals surface area contributed by atoms with E-state index in [1.54, 1.807) is 12.1 Å². The van der Waals surface area contributed by atoms with Gasteiger partial charge in [-0.25, -0.2) is 4.39 Å². The van der Waals surface area contributed by atoms with Crippen LogP contribution in [0.15, 0.2) is 42.5 Å². The molecule has 0 aliphatic heterocycles. The number of amides is 3. The minimum Gasteiger partial charge on any atom is -0.493 e. The second-order valence-electron chi connectivity index (χ2n) is 9.87. The second-order valence-corrected chi connectivity index (χ2v) is 10.6. The Balaban J connectivity index is 1.74. The van der Waals surface area contributed by atoms with E-state index in [1.807, 2.05) is 6.07 Å². The smallest absolute Gasteiger partial charge is 0.270 e. The van der Waals surface area contributed by atoms with Crippen molar-refractivity contribution in [2.75, 3.05) is 26.5 Å². The van der Waals surface area contributed by atoms with Crippen LogP contribution in [0.5, 0.6) is 11.5 Å². The first-order chi connectivity index (χ1) is 19.7. The molecule has 5 N–H and O–H groups in total. The van der Waals surface area contributed by atoms with Gasteiger partial charge in [-0.2, -0.15) is 4.37 Å². The van der Waals surface area contributed by atoms with Gasteiger partial charge in [0.05, 0.1) is 19.9 Å². The number of ether oxygens (including phenoxy) is 2. The van der Waals surface area contributed by atoms with E-state index in [9.17, 15) is 18.8 Å². The van der Waals surface area contributed by atoms with E-state index in [0.717, 1.165) is 49.2 Å². The van der Waals surface area contributed by atoms with Crippen LogP contribution >= 0.6 is 11.5 Å². The summed E-state index contributed by atoms with van der Waals surface area (Å²) in [4.78, 5) is 41.2. The molecule has 10 nitrogen and oxygen atoms in total. The van der Waals surface area contributed by atoms with Crippen LogP contribution in [-0.2, 0) is 11.2 Å². The number of hydrogen-bond donors (Lipinski definition) is 3. The van der Waals surface area contributed by atoms with Crippen molar-refractivity contribution in [3.8, 4) is 11.5 Å². The molecule has 41 heavy (non-hydrogen) atoms. The Bertz CT molecular complexity index is 1390. The first kappa shape index (κ1) is 29.8. The van der Waals surface area contributed by atoms with Gasteiger partial charge in [0.25, 0.3) is 11.8 Å². The van der Waals surface area contributed by atoms with Gasteiger partial charge in [0.2, 0.25) is 5.91 Å². The van der Waals surface area contributed by atoms with Crippen LogP contribution < -0.4 is 26.3 Å². The number of primary amides is 1. The Labute approximate surface area is 242 Å². The van der Waals surface area contributed by atoms with Gasteiger partial charge in [0, 0.05) is 12.6 Å². The molecular formula is C29H34FN5O5S. The van der Waals surface area contributed by atoms with Gasteiger partial charge < -0.3 is 31.2 Å². The molecule has 218 valence electrons. The fourth-order valence-electron chi connectivity index (χ4n) is 5.04. The molecule has 0 spiro atoms. The molecule has 1 heterocycles. The van der Waals surface area contributed by atoms with Crippen molar-refractivity contribution in [2.45, 2.75) is 50.6 Å². The summed E-state index contributed by atoms with van der Waals surface area (Å²) in [6, 6.07) is 9.73. The monoisotopic (exact) mass is 583 g/mol. The highest BCUT2D eigenvalue weighted by Crippen LogP contribution is 2.32. The maximum Gasteiger partial charge on any atom is 0.270 e. The van der Waals surface area contributed by atoms with Gasteiger partial charge in [-0.05, 0) is 66.2 Å². The van der Waals surface area contributed by atoms with Crippen molar-refractivity contribution in [3.05, 3.63) is 70.0 Å². The molecule has 1 aromatic heterocycles. The molecule has 1 saturated carbocycles. The minimum atomic E-state index is -1.11. The highest BCUT2D eigenvalue weighted by molar-refractivity contribution is 7.09. The number of carbonyl (C=O) groups excluding carboxylic acids is 3. The van der Waals surface area contributed by atoms with Crippen molar-refractivity contribution < 1.29 is 28.2 Å². The van der Waals surface area contributed by atoms with Crippen LogP contribution in [0.1, 0.15) is 69.4 Å². The lowest BCUT2D eigenvalue weighted by molar-refractivity contribution is -0.126. The molecule has 3 aromatic rings. The number of hydrogen-bond acceptors (Lipinski definition) is 8. The van der Waals surface area contributed by atoms with E-state index in [1.165, 1.54) is 43.4 Å². The zero-order valence-electron chi connectivity index (χ0n) is 23.0. The Morgan fingerprint density at radius 2 is 1.76 bits per heavy atom. The zero-order valence-corrected chi connectivity index (χ0v) is 23.8. The molecule has 0 unspecified atom stereocenters. The van der Waals surface area contributed by atoms with Gasteiger partial charge in [0.1, 0.15) is 16.7 Å². The van der Waals surface area contributed by atoms with Crippen LogP contribution in [0.2, 0.25) is 0 Å². The average Bonchev–Trinajstić information content (AvgIpc) is 3.37. The molecule has 1 aliphatic carbocycles. The third-order valence-electron chi connectivity index (χ3n) is 7.20. The van der Waals surface area contributed by atoms with Crippen molar-refractivity contribution in [2.24, 2.45) is 5.73 Å². The lowest BCUT2D eigenvalue weighted by Gasteiger charge is -2.33. The molecular weight excluding hydrogens is 549 g/mol. The van der Waals surface area contributed by atoms with E-state index < -0.39 is 23.7 Å². The number of aromatic nitrogens is 1. The molecule has 3 amide bonds. The molecule has 0 saturated heterocycles. The van der Waals surface area contributed by atoms with Gasteiger partial charge in [-0.15, -0.1) is 0 Å². The Morgan fingerprint density at radius 1 is 1.07 bits per heavy atom. The Kier molecular flexibility index (Phi) is 9.77. The minimum absolute atomic E-state index is 0.0105. The molecule has 1 atom stereocenters. The van der Waals surface area contributed by atoms with Crippen LogP contribution in [0.4, 0.5) is 10.1 Å². The summed E-state index contributed by atoms with van der Waals surface area (Å²) >= 11 is 0.741. The molecule has 1 aliphatic rings. The number of nitrogen functional groups attached to an aromatic ring is 1. The van der Waals surface area contributed by atoms with Crippen molar-refractivity contribution in [1.82, 2.24) is 14.6 Å². The maximum atomic E-state index is 14.1. The number of halogens is 1. The summed E-state index contributed by atoms with van der Waals surface area (Å²) in [5.41, 5.74) is 12.4. The lowest BCUT2D eigenvalue weighted by atomic mass is 9.94. The third kappa shape index (κ3) is 6.94. The number of anilines is 1. The number of carbonyl (C=O) groups is 3. The highest BCUT2D eigenvalue weighted by Gasteiger charge is 2.35. The largest absolute Gasteiger partial charge is 0.493 e. The van der Waals surface area contributed by atoms with Crippen LogP contribution in [0.3, 0.4) is 0 Å². The summed E-state index contributed by atoms with van der Waals surface area (Å²) in [6.45, 7) is 0.0810. The topological polar surface area (TPSA) is 150 Å². The number of nitrogens with two attached hydrogens (primary N) is 2. The van der Waals surface area contributed by atoms with Crippen LogP contribution in [0.25, 0.3) is 0 Å². The summed E-state index contributed by atoms with van der Waals surface area (Å²) in [5.74, 6) is -1.24. The molecule has 4 rings (SSSR count). The highest BCUT2D eigenvalue weighted by atomic mass is 32.1. The molecule has 0 bridgehead atoms. The Morgan fingerprint density at radius 3 is 2.37 bits per heavy atom. The Hall–Kier alpha value is -4.19. The van der Waals surface area contributed by atoms with Gasteiger partial charge in [-0.3, -0.25) is 14.4 Å². The van der Waals surface area contributed by atoms with Gasteiger partial charge >= 0.3 is 0 Å². The second kappa shape index (κ2) is 13.4. The zero-order chi connectivity index (χ0) is 29.5. The van der Waals surface area contributed by atoms with E-state index in [4.69, 9.17) is 20.9 Å². The standard InChI is InChI=1S/C29H34FN5O5S/c1-39-21-13-8-17(16-22(21)40-2)14-15-35(29(38)26-23(31)24(27(32)36)34-41-26)25(18-9-11-19(30)12-10-18)28(37)33-20-6-4-3-5-7-20/h8-13,16,20,25H,3-7,14-15,31H2,1-2H3,(H2,32,36)(H,33,37)/t25-/m0/s1. The number of nitrogens with zero attached hydrogens (tertiary/aromatic N) is 2. The first-order valence-electron chi connectivity index (χ1n) is 13.4. The summed E-state index contributed by atoms with van der Waals surface area (Å²) in [5, 5.41) is 3.11. The normalized spacial score (nSPS) is 14.2. The number of methoxy groups -OCH3 is 2. The molecule has 12 heteroatoms. The van der Waals surface area contributed by atoms with Gasteiger partial charge in [-0.1, -0.05) is 37.5 Å². The number of nitrogens with one attached hydrogen (secondary N) is 1. The average molecular weight is 584 g/mol. The predicted molar refractivity (Wildman–Crippen MR) is 153 cm³/mol. The first-order valence-corrected chi connectivity index (χ1v) is 14.1. The summed E-state index contributed by atoms with van der Waals surface area (Å²) in [6.07, 6.45) is 5.12. The van der Waals surface area contributed by atoms with E-state index in [2.05, 4.69) is 9.69 Å². The SMILES string of the molecule is COc1ccc(CCN(C(=O)c2snc(C(N)=O)c2N)[C@H](C(=O)NC2CCCCC2)c2ccc(F)cc2)cc1OC.